The van der Waals surface area contributed by atoms with Gasteiger partial charge in [0.25, 0.3) is 0 Å². The SMILES string of the molecule is CC/C=C\C/C=C\C/C=C\C/C=C\C/C=C\C/C=C\C/C=C\C/C=C\C/C=C\C/C=C\CCCCC(=O)OCC(COC(=O)CCCCCCC/C=C\CCCCCC)OC(=O)CCCCCCCC/C=C\C/C=C\C/C=C\C/C=C\CC. The molecule has 464 valence electrons. The van der Waals surface area contributed by atoms with Gasteiger partial charge in [-0.15, -0.1) is 0 Å². The average molecular weight is 1140 g/mol. The lowest BCUT2D eigenvalue weighted by Gasteiger charge is -2.18. The van der Waals surface area contributed by atoms with E-state index in [9.17, 15) is 14.4 Å². The van der Waals surface area contributed by atoms with Gasteiger partial charge < -0.3 is 14.2 Å². The van der Waals surface area contributed by atoms with Gasteiger partial charge in [0.05, 0.1) is 0 Å². The van der Waals surface area contributed by atoms with Crippen LogP contribution in [0, 0.1) is 0 Å². The van der Waals surface area contributed by atoms with Crippen LogP contribution in [0.25, 0.3) is 0 Å². The van der Waals surface area contributed by atoms with Gasteiger partial charge in [-0.3, -0.25) is 14.4 Å². The third kappa shape index (κ3) is 67.2. The number of hydrogen-bond donors (Lipinski definition) is 0. The lowest BCUT2D eigenvalue weighted by molar-refractivity contribution is -0.167. The molecule has 0 spiro atoms. The summed E-state index contributed by atoms with van der Waals surface area (Å²) in [7, 11) is 0. The number of allylic oxidation sites excluding steroid dienone is 30. The molecule has 0 rings (SSSR count). The summed E-state index contributed by atoms with van der Waals surface area (Å²) in [6.07, 6.45) is 103. The number of hydrogen-bond acceptors (Lipinski definition) is 6. The van der Waals surface area contributed by atoms with E-state index in [1.165, 1.54) is 51.4 Å². The van der Waals surface area contributed by atoms with E-state index in [0.717, 1.165) is 167 Å². The van der Waals surface area contributed by atoms with Crippen molar-refractivity contribution < 1.29 is 28.6 Å². The largest absolute Gasteiger partial charge is 0.462 e. The smallest absolute Gasteiger partial charge is 0.306 e. The average Bonchev–Trinajstić information content (AvgIpc) is 3.49. The van der Waals surface area contributed by atoms with Gasteiger partial charge in [0, 0.05) is 19.3 Å². The molecule has 0 aromatic heterocycles. The maximum atomic E-state index is 12.9. The first kappa shape index (κ1) is 77.5. The predicted molar refractivity (Wildman–Crippen MR) is 361 cm³/mol. The van der Waals surface area contributed by atoms with Gasteiger partial charge in [-0.1, -0.05) is 267 Å². The van der Waals surface area contributed by atoms with Crippen molar-refractivity contribution in [1.82, 2.24) is 0 Å². The Morgan fingerprint density at radius 1 is 0.253 bits per heavy atom. The maximum absolute atomic E-state index is 12.9. The maximum Gasteiger partial charge on any atom is 0.306 e. The summed E-state index contributed by atoms with van der Waals surface area (Å²) in [6.45, 7) is 6.33. The molecule has 0 fully saturated rings. The normalized spacial score (nSPS) is 13.3. The molecule has 0 aromatic rings. The molecule has 0 amide bonds. The van der Waals surface area contributed by atoms with Gasteiger partial charge >= 0.3 is 17.9 Å². The fourth-order valence-electron chi connectivity index (χ4n) is 8.46. The van der Waals surface area contributed by atoms with Crippen molar-refractivity contribution in [3.05, 3.63) is 182 Å². The fraction of sp³-hybridized carbons (Fsp3) is 0.571. The summed E-state index contributed by atoms with van der Waals surface area (Å²) in [4.78, 5) is 38.3. The number of carbonyl (C=O) groups excluding carboxylic acids is 3. The number of unbranched alkanes of at least 4 members (excludes halogenated alkanes) is 17. The molecule has 0 aliphatic heterocycles. The summed E-state index contributed by atoms with van der Waals surface area (Å²) < 4.78 is 16.9. The summed E-state index contributed by atoms with van der Waals surface area (Å²) >= 11 is 0. The Bertz CT molecular complexity index is 1940. The Balaban J connectivity index is 4.44. The minimum Gasteiger partial charge on any atom is -0.462 e. The highest BCUT2D eigenvalue weighted by Crippen LogP contribution is 2.14. The Kier molecular flexibility index (Phi) is 64.4. The van der Waals surface area contributed by atoms with E-state index in [1.54, 1.807) is 0 Å². The molecule has 6 nitrogen and oxygen atoms in total. The monoisotopic (exact) mass is 1140 g/mol. The van der Waals surface area contributed by atoms with Crippen LogP contribution in [0.4, 0.5) is 0 Å². The standard InChI is InChI=1S/C77H120O6/c1-4-7-10-13-16-19-22-25-27-29-31-32-33-34-35-36-37-38-39-40-41-42-43-44-46-47-49-52-55-58-61-64-67-70-76(79)82-73-74(72-81-75(78)69-66-63-60-57-54-51-24-21-18-15-12-9-6-3)83-77(80)71-68-65-62-59-56-53-50-48-45-30-28-26-23-20-17-14-11-8-5-2/h7-8,10-11,16-17,19-21,24-28,31-32,34-35,37-38,40-41,43-45,47-49,55,58,74H,4-6,9,12-15,18,22-23,29-30,33,36,39,42,46,50-54,56-57,59-73H2,1-3H3/b10-7-,11-8-,19-16-,20-17-,24-21-,27-25-,28-26-,32-31-,35-34-,38-37-,41-40-,44-43-,48-45-,49-47-,58-55-. The Hall–Kier alpha value is -5.49. The molecule has 0 N–H and O–H groups in total. The first-order valence-corrected chi connectivity index (χ1v) is 33.3. The first-order chi connectivity index (χ1) is 41.0. The summed E-state index contributed by atoms with van der Waals surface area (Å²) in [5.41, 5.74) is 0. The Labute approximate surface area is 510 Å². The van der Waals surface area contributed by atoms with Crippen molar-refractivity contribution in [2.45, 2.75) is 271 Å². The highest BCUT2D eigenvalue weighted by Gasteiger charge is 2.19. The topological polar surface area (TPSA) is 78.9 Å². The minimum atomic E-state index is -0.818. The van der Waals surface area contributed by atoms with E-state index < -0.39 is 6.10 Å². The minimum absolute atomic E-state index is 0.110. The second kappa shape index (κ2) is 69.0. The van der Waals surface area contributed by atoms with Gasteiger partial charge in [0.2, 0.25) is 0 Å². The zero-order chi connectivity index (χ0) is 59.9. The highest BCUT2D eigenvalue weighted by atomic mass is 16.6. The van der Waals surface area contributed by atoms with Crippen LogP contribution in [0.5, 0.6) is 0 Å². The van der Waals surface area contributed by atoms with Crippen molar-refractivity contribution in [3.8, 4) is 0 Å². The van der Waals surface area contributed by atoms with Crippen LogP contribution >= 0.6 is 0 Å². The van der Waals surface area contributed by atoms with E-state index >= 15 is 0 Å². The summed E-state index contributed by atoms with van der Waals surface area (Å²) in [5, 5.41) is 0. The molecule has 83 heavy (non-hydrogen) atoms. The van der Waals surface area contributed by atoms with Crippen molar-refractivity contribution in [2.24, 2.45) is 0 Å². The van der Waals surface area contributed by atoms with E-state index in [1.807, 2.05) is 0 Å². The predicted octanol–water partition coefficient (Wildman–Crippen LogP) is 23.2. The van der Waals surface area contributed by atoms with Crippen molar-refractivity contribution in [1.29, 1.82) is 0 Å². The van der Waals surface area contributed by atoms with Crippen molar-refractivity contribution >= 4 is 17.9 Å². The lowest BCUT2D eigenvalue weighted by Crippen LogP contribution is -2.30. The van der Waals surface area contributed by atoms with Crippen LogP contribution in [-0.4, -0.2) is 37.2 Å². The van der Waals surface area contributed by atoms with Crippen LogP contribution in [0.2, 0.25) is 0 Å². The molecule has 0 aliphatic carbocycles. The van der Waals surface area contributed by atoms with E-state index in [-0.39, 0.29) is 37.5 Å². The molecule has 0 aromatic carbocycles. The van der Waals surface area contributed by atoms with Crippen LogP contribution in [-0.2, 0) is 28.6 Å². The van der Waals surface area contributed by atoms with E-state index in [4.69, 9.17) is 14.2 Å². The second-order valence-corrected chi connectivity index (χ2v) is 21.3. The third-order valence-electron chi connectivity index (χ3n) is 13.4. The van der Waals surface area contributed by atoms with Crippen molar-refractivity contribution in [2.75, 3.05) is 13.2 Å². The van der Waals surface area contributed by atoms with E-state index in [2.05, 4.69) is 203 Å². The second-order valence-electron chi connectivity index (χ2n) is 21.3. The molecular weight excluding hydrogens is 1020 g/mol. The van der Waals surface area contributed by atoms with Crippen LogP contribution < -0.4 is 0 Å². The van der Waals surface area contributed by atoms with E-state index in [0.29, 0.717) is 19.3 Å². The number of ether oxygens (including phenoxy) is 3. The quantitative estimate of drug-likeness (QED) is 0.0261. The molecule has 0 saturated heterocycles. The van der Waals surface area contributed by atoms with Crippen LogP contribution in [0.1, 0.15) is 265 Å². The van der Waals surface area contributed by atoms with Gasteiger partial charge in [0.15, 0.2) is 6.10 Å². The summed E-state index contributed by atoms with van der Waals surface area (Å²) in [5.74, 6) is -0.984. The van der Waals surface area contributed by atoms with Gasteiger partial charge in [-0.2, -0.15) is 0 Å². The zero-order valence-electron chi connectivity index (χ0n) is 53.1. The molecule has 0 radical (unpaired) electrons. The molecule has 6 heteroatoms. The molecule has 0 saturated carbocycles. The van der Waals surface area contributed by atoms with Crippen molar-refractivity contribution in [3.63, 3.8) is 0 Å². The van der Waals surface area contributed by atoms with Gasteiger partial charge in [-0.05, 0) is 161 Å². The molecule has 1 atom stereocenters. The number of carbonyl (C=O) groups is 3. The van der Waals surface area contributed by atoms with Crippen LogP contribution in [0.3, 0.4) is 0 Å². The van der Waals surface area contributed by atoms with Gasteiger partial charge in [0.1, 0.15) is 13.2 Å². The molecule has 0 heterocycles. The Morgan fingerprint density at radius 3 is 0.771 bits per heavy atom. The molecule has 0 bridgehead atoms. The number of esters is 3. The van der Waals surface area contributed by atoms with Crippen LogP contribution in [0.15, 0.2) is 182 Å². The zero-order valence-corrected chi connectivity index (χ0v) is 53.1. The molecular formula is C77H120O6. The first-order valence-electron chi connectivity index (χ1n) is 33.3. The van der Waals surface area contributed by atoms with Gasteiger partial charge in [-0.25, -0.2) is 0 Å². The lowest BCUT2D eigenvalue weighted by atomic mass is 10.1. The Morgan fingerprint density at radius 2 is 0.470 bits per heavy atom. The molecule has 0 aliphatic rings. The molecule has 1 unspecified atom stereocenters. The third-order valence-corrected chi connectivity index (χ3v) is 13.4. The number of rotatable bonds is 58. The highest BCUT2D eigenvalue weighted by molar-refractivity contribution is 5.71. The fourth-order valence-corrected chi connectivity index (χ4v) is 8.46. The summed E-state index contributed by atoms with van der Waals surface area (Å²) in [6, 6.07) is 0.